The second-order valence-electron chi connectivity index (χ2n) is 5.64. The summed E-state index contributed by atoms with van der Waals surface area (Å²) in [7, 11) is 0. The minimum absolute atomic E-state index is 0.164. The molecule has 110 valence electrons. The molecule has 2 N–H and O–H groups in total. The molecule has 4 nitrogen and oxygen atoms in total. The van der Waals surface area contributed by atoms with Gasteiger partial charge >= 0.3 is 0 Å². The maximum absolute atomic E-state index is 12.2. The summed E-state index contributed by atoms with van der Waals surface area (Å²) in [6.45, 7) is 5.29. The highest BCUT2D eigenvalue weighted by atomic mass is 16.5. The average molecular weight is 276 g/mol. The highest BCUT2D eigenvalue weighted by molar-refractivity contribution is 5.76. The largest absolute Gasteiger partial charge is 0.493 e. The number of rotatable bonds is 4. The fourth-order valence-electron chi connectivity index (χ4n) is 2.68. The lowest BCUT2D eigenvalue weighted by Gasteiger charge is -2.36. The topological polar surface area (TPSA) is 55.6 Å². The number of nitrogens with two attached hydrogens (primary N) is 1. The lowest BCUT2D eigenvalue weighted by Crippen LogP contribution is -2.48. The van der Waals surface area contributed by atoms with E-state index in [9.17, 15) is 4.79 Å². The van der Waals surface area contributed by atoms with Gasteiger partial charge < -0.3 is 15.4 Å². The van der Waals surface area contributed by atoms with E-state index in [4.69, 9.17) is 10.5 Å². The van der Waals surface area contributed by atoms with E-state index in [2.05, 4.69) is 6.92 Å². The van der Waals surface area contributed by atoms with Gasteiger partial charge in [-0.3, -0.25) is 4.79 Å². The molecule has 0 spiro atoms. The molecule has 0 radical (unpaired) electrons. The standard InChI is InChI=1S/C16H24N2O2/c1-12-4-3-5-15(10-12)20-9-7-16(19)18-8-6-14(17)11-13(18)2/h3-5,10,13-14H,6-9,11,17H2,1-2H3. The van der Waals surface area contributed by atoms with E-state index in [1.807, 2.05) is 36.1 Å². The van der Waals surface area contributed by atoms with Crippen molar-refractivity contribution in [1.82, 2.24) is 4.90 Å². The first-order valence-electron chi connectivity index (χ1n) is 7.31. The fourth-order valence-corrected chi connectivity index (χ4v) is 2.68. The maximum atomic E-state index is 12.2. The molecular weight excluding hydrogens is 252 g/mol. The predicted octanol–water partition coefficient (Wildman–Crippen LogP) is 2.10. The van der Waals surface area contributed by atoms with Crippen LogP contribution in [0.5, 0.6) is 5.75 Å². The molecule has 1 amide bonds. The molecule has 1 aromatic carbocycles. The summed E-state index contributed by atoms with van der Waals surface area (Å²) in [6, 6.07) is 8.35. The van der Waals surface area contributed by atoms with Crippen LogP contribution in [0.25, 0.3) is 0 Å². The first kappa shape index (κ1) is 14.9. The maximum Gasteiger partial charge on any atom is 0.226 e. The minimum Gasteiger partial charge on any atom is -0.493 e. The van der Waals surface area contributed by atoms with Crippen molar-refractivity contribution in [3.05, 3.63) is 29.8 Å². The second-order valence-corrected chi connectivity index (χ2v) is 5.64. The summed E-state index contributed by atoms with van der Waals surface area (Å²) in [5, 5.41) is 0. The van der Waals surface area contributed by atoms with Crippen molar-refractivity contribution in [2.45, 2.75) is 45.2 Å². The second kappa shape index (κ2) is 6.75. The van der Waals surface area contributed by atoms with Gasteiger partial charge in [0.15, 0.2) is 0 Å². The summed E-state index contributed by atoms with van der Waals surface area (Å²) < 4.78 is 5.63. The van der Waals surface area contributed by atoms with Crippen LogP contribution in [0.2, 0.25) is 0 Å². The third-order valence-corrected chi connectivity index (χ3v) is 3.81. The molecule has 0 saturated carbocycles. The zero-order chi connectivity index (χ0) is 14.5. The summed E-state index contributed by atoms with van der Waals surface area (Å²) in [5.74, 6) is 0.989. The number of piperidine rings is 1. The van der Waals surface area contributed by atoms with Gasteiger partial charge in [-0.2, -0.15) is 0 Å². The van der Waals surface area contributed by atoms with Crippen LogP contribution in [0, 0.1) is 6.92 Å². The van der Waals surface area contributed by atoms with E-state index in [1.54, 1.807) is 0 Å². The van der Waals surface area contributed by atoms with E-state index in [1.165, 1.54) is 0 Å². The van der Waals surface area contributed by atoms with Gasteiger partial charge in [0.25, 0.3) is 0 Å². The molecule has 1 aromatic rings. The van der Waals surface area contributed by atoms with Gasteiger partial charge in [-0.25, -0.2) is 0 Å². The van der Waals surface area contributed by atoms with Crippen LogP contribution >= 0.6 is 0 Å². The molecule has 2 unspecified atom stereocenters. The number of ether oxygens (including phenoxy) is 1. The SMILES string of the molecule is Cc1cccc(OCCC(=O)N2CCC(N)CC2C)c1. The van der Waals surface area contributed by atoms with E-state index < -0.39 is 0 Å². The first-order valence-corrected chi connectivity index (χ1v) is 7.31. The van der Waals surface area contributed by atoms with E-state index in [-0.39, 0.29) is 18.0 Å². The summed E-state index contributed by atoms with van der Waals surface area (Å²) in [6.07, 6.45) is 2.22. The average Bonchev–Trinajstić information content (AvgIpc) is 2.38. The lowest BCUT2D eigenvalue weighted by molar-refractivity contribution is -0.135. The first-order chi connectivity index (χ1) is 9.56. The van der Waals surface area contributed by atoms with Crippen molar-refractivity contribution >= 4 is 5.91 Å². The highest BCUT2D eigenvalue weighted by Crippen LogP contribution is 2.17. The Morgan fingerprint density at radius 1 is 1.50 bits per heavy atom. The van der Waals surface area contributed by atoms with Gasteiger partial charge in [0.05, 0.1) is 13.0 Å². The molecule has 0 bridgehead atoms. The van der Waals surface area contributed by atoms with E-state index in [0.717, 1.165) is 30.7 Å². The molecule has 4 heteroatoms. The van der Waals surface area contributed by atoms with Crippen molar-refractivity contribution in [1.29, 1.82) is 0 Å². The van der Waals surface area contributed by atoms with E-state index >= 15 is 0 Å². The summed E-state index contributed by atoms with van der Waals surface area (Å²) in [4.78, 5) is 14.1. The van der Waals surface area contributed by atoms with Crippen LogP contribution in [-0.2, 0) is 4.79 Å². The van der Waals surface area contributed by atoms with Crippen LogP contribution in [-0.4, -0.2) is 36.0 Å². The molecular formula is C16H24N2O2. The van der Waals surface area contributed by atoms with E-state index in [0.29, 0.717) is 13.0 Å². The normalized spacial score (nSPS) is 22.6. The summed E-state index contributed by atoms with van der Waals surface area (Å²) in [5.41, 5.74) is 7.07. The molecule has 1 aliphatic rings. The number of benzene rings is 1. The number of aryl methyl sites for hydroxylation is 1. The molecule has 0 aliphatic carbocycles. The van der Waals surface area contributed by atoms with Crippen molar-refractivity contribution in [3.63, 3.8) is 0 Å². The van der Waals surface area contributed by atoms with Gasteiger partial charge in [0.1, 0.15) is 5.75 Å². The zero-order valence-corrected chi connectivity index (χ0v) is 12.3. The lowest BCUT2D eigenvalue weighted by atomic mass is 9.99. The zero-order valence-electron chi connectivity index (χ0n) is 12.3. The number of hydrogen-bond donors (Lipinski definition) is 1. The molecule has 1 aliphatic heterocycles. The van der Waals surface area contributed by atoms with Crippen LogP contribution in [0.4, 0.5) is 0 Å². The van der Waals surface area contributed by atoms with Gasteiger partial charge in [-0.05, 0) is 44.4 Å². The number of carbonyl (C=O) groups is 1. The van der Waals surface area contributed by atoms with Crippen LogP contribution in [0.15, 0.2) is 24.3 Å². The number of likely N-dealkylation sites (tertiary alicyclic amines) is 1. The van der Waals surface area contributed by atoms with Crippen LogP contribution in [0.1, 0.15) is 31.7 Å². The highest BCUT2D eigenvalue weighted by Gasteiger charge is 2.26. The predicted molar refractivity (Wildman–Crippen MR) is 79.7 cm³/mol. The van der Waals surface area contributed by atoms with Gasteiger partial charge in [0, 0.05) is 18.6 Å². The number of carbonyl (C=O) groups excluding carboxylic acids is 1. The third kappa shape index (κ3) is 3.97. The molecule has 20 heavy (non-hydrogen) atoms. The Morgan fingerprint density at radius 3 is 3.00 bits per heavy atom. The molecule has 2 rings (SSSR count). The van der Waals surface area contributed by atoms with Crippen molar-refractivity contribution in [2.24, 2.45) is 5.73 Å². The van der Waals surface area contributed by atoms with Crippen molar-refractivity contribution in [3.8, 4) is 5.75 Å². The molecule has 1 fully saturated rings. The Labute approximate surface area is 120 Å². The Kier molecular flexibility index (Phi) is 5.01. The quantitative estimate of drug-likeness (QED) is 0.916. The van der Waals surface area contributed by atoms with Gasteiger partial charge in [0.2, 0.25) is 5.91 Å². The van der Waals surface area contributed by atoms with Crippen LogP contribution in [0.3, 0.4) is 0 Å². The smallest absolute Gasteiger partial charge is 0.226 e. The third-order valence-electron chi connectivity index (χ3n) is 3.81. The molecule has 1 heterocycles. The Bertz CT molecular complexity index is 462. The van der Waals surface area contributed by atoms with Gasteiger partial charge in [-0.15, -0.1) is 0 Å². The van der Waals surface area contributed by atoms with Gasteiger partial charge in [-0.1, -0.05) is 12.1 Å². The molecule has 0 aromatic heterocycles. The van der Waals surface area contributed by atoms with Crippen molar-refractivity contribution < 1.29 is 9.53 Å². The molecule has 2 atom stereocenters. The Hall–Kier alpha value is -1.55. The number of hydrogen-bond acceptors (Lipinski definition) is 3. The Morgan fingerprint density at radius 2 is 2.30 bits per heavy atom. The van der Waals surface area contributed by atoms with Crippen molar-refractivity contribution in [2.75, 3.05) is 13.2 Å². The summed E-state index contributed by atoms with van der Waals surface area (Å²) >= 11 is 0. The number of amides is 1. The number of nitrogens with zero attached hydrogens (tertiary/aromatic N) is 1. The Balaban J connectivity index is 1.78. The van der Waals surface area contributed by atoms with Crippen LogP contribution < -0.4 is 10.5 Å². The minimum atomic E-state index is 0.164. The fraction of sp³-hybridized carbons (Fsp3) is 0.562. The molecule has 1 saturated heterocycles. The monoisotopic (exact) mass is 276 g/mol.